The van der Waals surface area contributed by atoms with Crippen molar-refractivity contribution in [2.45, 2.75) is 39.8 Å². The van der Waals surface area contributed by atoms with E-state index in [0.717, 1.165) is 31.3 Å². The molecule has 0 aliphatic carbocycles. The second-order valence-corrected chi connectivity index (χ2v) is 9.20. The SMILES string of the molecule is CCN(Cc1ccccc1)c1cc(N(CC)C2CCS(=O)(=O)C2)nc(C)n1. The van der Waals surface area contributed by atoms with Gasteiger partial charge in [-0.1, -0.05) is 30.3 Å². The van der Waals surface area contributed by atoms with Crippen LogP contribution < -0.4 is 9.80 Å². The lowest BCUT2D eigenvalue weighted by Gasteiger charge is -2.30. The number of nitrogens with zero attached hydrogens (tertiary/aromatic N) is 4. The van der Waals surface area contributed by atoms with Gasteiger partial charge in [0.15, 0.2) is 9.84 Å². The summed E-state index contributed by atoms with van der Waals surface area (Å²) in [6.07, 6.45) is 0.663. The fourth-order valence-corrected chi connectivity index (χ4v) is 5.36. The molecule has 1 unspecified atom stereocenters. The largest absolute Gasteiger partial charge is 0.353 e. The van der Waals surface area contributed by atoms with Crippen LogP contribution in [-0.4, -0.2) is 49.0 Å². The maximum absolute atomic E-state index is 11.9. The molecule has 2 heterocycles. The van der Waals surface area contributed by atoms with Crippen LogP contribution in [0.15, 0.2) is 36.4 Å². The van der Waals surface area contributed by atoms with Crippen LogP contribution in [0.1, 0.15) is 31.7 Å². The molecule has 3 rings (SSSR count). The maximum Gasteiger partial charge on any atom is 0.152 e. The molecule has 0 amide bonds. The van der Waals surface area contributed by atoms with Crippen molar-refractivity contribution in [2.24, 2.45) is 0 Å². The van der Waals surface area contributed by atoms with E-state index in [1.54, 1.807) is 0 Å². The molecule has 146 valence electrons. The summed E-state index contributed by atoms with van der Waals surface area (Å²) in [4.78, 5) is 13.6. The van der Waals surface area contributed by atoms with E-state index >= 15 is 0 Å². The van der Waals surface area contributed by atoms with Gasteiger partial charge in [0.05, 0.1) is 11.5 Å². The van der Waals surface area contributed by atoms with Gasteiger partial charge in [-0.2, -0.15) is 0 Å². The summed E-state index contributed by atoms with van der Waals surface area (Å²) in [5.41, 5.74) is 1.23. The van der Waals surface area contributed by atoms with Crippen LogP contribution in [0.25, 0.3) is 0 Å². The first-order valence-corrected chi connectivity index (χ1v) is 11.4. The smallest absolute Gasteiger partial charge is 0.152 e. The first-order valence-electron chi connectivity index (χ1n) is 9.53. The van der Waals surface area contributed by atoms with Crippen LogP contribution in [0.3, 0.4) is 0 Å². The van der Waals surface area contributed by atoms with E-state index in [4.69, 9.17) is 0 Å². The van der Waals surface area contributed by atoms with Gasteiger partial charge < -0.3 is 9.80 Å². The maximum atomic E-state index is 11.9. The van der Waals surface area contributed by atoms with Crippen molar-refractivity contribution in [2.75, 3.05) is 34.4 Å². The van der Waals surface area contributed by atoms with E-state index in [2.05, 4.69) is 38.8 Å². The van der Waals surface area contributed by atoms with Gasteiger partial charge in [0.25, 0.3) is 0 Å². The molecule has 0 N–H and O–H groups in total. The van der Waals surface area contributed by atoms with Crippen molar-refractivity contribution in [1.29, 1.82) is 0 Å². The number of aromatic nitrogens is 2. The summed E-state index contributed by atoms with van der Waals surface area (Å²) in [7, 11) is -2.94. The monoisotopic (exact) mass is 388 g/mol. The third-order valence-electron chi connectivity index (χ3n) is 5.02. The molecule has 2 aromatic rings. The van der Waals surface area contributed by atoms with Crippen molar-refractivity contribution in [3.05, 3.63) is 47.8 Å². The summed E-state index contributed by atoms with van der Waals surface area (Å²) >= 11 is 0. The van der Waals surface area contributed by atoms with Crippen LogP contribution in [0.4, 0.5) is 11.6 Å². The Labute approximate surface area is 162 Å². The Hall–Kier alpha value is -2.15. The highest BCUT2D eigenvalue weighted by molar-refractivity contribution is 7.91. The lowest BCUT2D eigenvalue weighted by Crippen LogP contribution is -2.37. The van der Waals surface area contributed by atoms with Gasteiger partial charge in [-0.05, 0) is 32.8 Å². The molecule has 6 nitrogen and oxygen atoms in total. The predicted molar refractivity (Wildman–Crippen MR) is 110 cm³/mol. The molecule has 1 aliphatic heterocycles. The molecular weight excluding hydrogens is 360 g/mol. The van der Waals surface area contributed by atoms with Gasteiger partial charge >= 0.3 is 0 Å². The Morgan fingerprint density at radius 2 is 1.78 bits per heavy atom. The van der Waals surface area contributed by atoms with Crippen molar-refractivity contribution >= 4 is 21.5 Å². The van der Waals surface area contributed by atoms with Crippen molar-refractivity contribution in [3.8, 4) is 0 Å². The average molecular weight is 389 g/mol. The summed E-state index contributed by atoms with van der Waals surface area (Å²) in [5, 5.41) is 0. The van der Waals surface area contributed by atoms with Gasteiger partial charge in [0.1, 0.15) is 17.5 Å². The fraction of sp³-hybridized carbons (Fsp3) is 0.500. The first kappa shape index (κ1) is 19.6. The van der Waals surface area contributed by atoms with E-state index in [-0.39, 0.29) is 17.5 Å². The Morgan fingerprint density at radius 3 is 2.37 bits per heavy atom. The van der Waals surface area contributed by atoms with Gasteiger partial charge in [-0.3, -0.25) is 0 Å². The van der Waals surface area contributed by atoms with Crippen LogP contribution in [0, 0.1) is 6.92 Å². The van der Waals surface area contributed by atoms with Crippen molar-refractivity contribution in [3.63, 3.8) is 0 Å². The predicted octanol–water partition coefficient (Wildman–Crippen LogP) is 2.82. The third kappa shape index (κ3) is 4.77. The summed E-state index contributed by atoms with van der Waals surface area (Å²) < 4.78 is 23.8. The number of benzene rings is 1. The average Bonchev–Trinajstić information content (AvgIpc) is 3.00. The Morgan fingerprint density at radius 1 is 1.07 bits per heavy atom. The molecule has 7 heteroatoms. The minimum Gasteiger partial charge on any atom is -0.353 e. The van der Waals surface area contributed by atoms with Gasteiger partial charge in [-0.15, -0.1) is 0 Å². The van der Waals surface area contributed by atoms with Crippen molar-refractivity contribution in [1.82, 2.24) is 9.97 Å². The Bertz CT molecular complexity index is 871. The molecule has 0 saturated carbocycles. The molecule has 1 atom stereocenters. The number of anilines is 2. The Balaban J connectivity index is 1.88. The van der Waals surface area contributed by atoms with Crippen LogP contribution in [0.5, 0.6) is 0 Å². The standard InChI is InChI=1S/C20H28N4O2S/c1-4-23(14-17-9-7-6-8-10-17)19-13-20(22-16(3)21-19)24(5-2)18-11-12-27(25,26)15-18/h6-10,13,18H,4-5,11-12,14-15H2,1-3H3. The van der Waals surface area contributed by atoms with Crippen LogP contribution >= 0.6 is 0 Å². The lowest BCUT2D eigenvalue weighted by molar-refractivity contribution is 0.599. The van der Waals surface area contributed by atoms with Crippen LogP contribution in [-0.2, 0) is 16.4 Å². The highest BCUT2D eigenvalue weighted by atomic mass is 32.2. The molecular formula is C20H28N4O2S. The zero-order valence-corrected chi connectivity index (χ0v) is 17.1. The zero-order valence-electron chi connectivity index (χ0n) is 16.3. The first-order chi connectivity index (χ1) is 12.9. The molecule has 0 bridgehead atoms. The third-order valence-corrected chi connectivity index (χ3v) is 6.77. The van der Waals surface area contributed by atoms with Crippen molar-refractivity contribution < 1.29 is 8.42 Å². The van der Waals surface area contributed by atoms with E-state index < -0.39 is 9.84 Å². The molecule has 1 aromatic carbocycles. The summed E-state index contributed by atoms with van der Waals surface area (Å²) in [6.45, 7) is 8.38. The number of hydrogen-bond acceptors (Lipinski definition) is 6. The molecule has 1 aliphatic rings. The van der Waals surface area contributed by atoms with Gasteiger partial charge in [0.2, 0.25) is 0 Å². The number of sulfone groups is 1. The van der Waals surface area contributed by atoms with E-state index in [1.165, 1.54) is 5.56 Å². The molecule has 1 saturated heterocycles. The zero-order chi connectivity index (χ0) is 19.4. The van der Waals surface area contributed by atoms with E-state index in [9.17, 15) is 8.42 Å². The van der Waals surface area contributed by atoms with Gasteiger partial charge in [-0.25, -0.2) is 18.4 Å². The Kier molecular flexibility index (Phi) is 5.99. The second kappa shape index (κ2) is 8.25. The highest BCUT2D eigenvalue weighted by Gasteiger charge is 2.32. The highest BCUT2D eigenvalue weighted by Crippen LogP contribution is 2.26. The second-order valence-electron chi connectivity index (χ2n) is 6.97. The molecule has 0 radical (unpaired) electrons. The number of rotatable bonds is 7. The van der Waals surface area contributed by atoms with E-state index in [0.29, 0.717) is 12.2 Å². The fourth-order valence-electron chi connectivity index (χ4n) is 3.63. The van der Waals surface area contributed by atoms with Crippen LogP contribution in [0.2, 0.25) is 0 Å². The topological polar surface area (TPSA) is 66.4 Å². The minimum atomic E-state index is -2.94. The lowest BCUT2D eigenvalue weighted by atomic mass is 10.2. The summed E-state index contributed by atoms with van der Waals surface area (Å²) in [5.74, 6) is 2.87. The van der Waals surface area contributed by atoms with Gasteiger partial charge in [0, 0.05) is 31.7 Å². The number of aryl methyl sites for hydroxylation is 1. The minimum absolute atomic E-state index is 0.00801. The molecule has 0 spiro atoms. The quantitative estimate of drug-likeness (QED) is 0.727. The number of hydrogen-bond donors (Lipinski definition) is 0. The molecule has 27 heavy (non-hydrogen) atoms. The molecule has 1 fully saturated rings. The van der Waals surface area contributed by atoms with E-state index in [1.807, 2.05) is 38.1 Å². The normalized spacial score (nSPS) is 18.4. The summed E-state index contributed by atoms with van der Waals surface area (Å²) in [6, 6.07) is 12.3. The molecule has 1 aromatic heterocycles.